The molecule has 3 aliphatic carbocycles. The Hall–Kier alpha value is -0.300. The molecule has 1 nitrogen and oxygen atoms in total. The predicted octanol–water partition coefficient (Wildman–Crippen LogP) is 3.29. The molecule has 0 radical (unpaired) electrons. The van der Waals surface area contributed by atoms with Crippen molar-refractivity contribution in [1.82, 2.24) is 0 Å². The molecule has 84 valence electrons. The normalized spacial score (nSPS) is 48.7. The fourth-order valence-electron chi connectivity index (χ4n) is 4.70. The number of hydrogen-bond donors (Lipinski definition) is 1. The molecule has 0 aromatic carbocycles. The lowest BCUT2D eigenvalue weighted by Crippen LogP contribution is -2.43. The van der Waals surface area contributed by atoms with Crippen molar-refractivity contribution < 1.29 is 5.11 Å². The maximum Gasteiger partial charge on any atom is 0.0530 e. The standard InChI is InChI=1S/C14H22O/c1-13-7-4-6-11(13)9-12-5-2-3-8-14(12,13)10-15/h9,11,15H,2-8,10H2,1H3/t11-,13-,14+/m0/s1. The third kappa shape index (κ3) is 1.03. The number of allylic oxidation sites excluding steroid dienone is 1. The molecule has 15 heavy (non-hydrogen) atoms. The van der Waals surface area contributed by atoms with Gasteiger partial charge in [0, 0.05) is 5.41 Å². The van der Waals surface area contributed by atoms with Crippen molar-refractivity contribution in [2.45, 2.75) is 51.9 Å². The lowest BCUT2D eigenvalue weighted by molar-refractivity contribution is 0.00526. The van der Waals surface area contributed by atoms with E-state index in [0.29, 0.717) is 12.0 Å². The van der Waals surface area contributed by atoms with E-state index >= 15 is 0 Å². The van der Waals surface area contributed by atoms with Crippen molar-refractivity contribution in [2.75, 3.05) is 6.61 Å². The van der Waals surface area contributed by atoms with Crippen molar-refractivity contribution in [3.63, 3.8) is 0 Å². The molecular weight excluding hydrogens is 184 g/mol. The molecule has 3 rings (SSSR count). The summed E-state index contributed by atoms with van der Waals surface area (Å²) < 4.78 is 0. The largest absolute Gasteiger partial charge is 0.395 e. The van der Waals surface area contributed by atoms with E-state index in [9.17, 15) is 5.11 Å². The number of aliphatic hydroxyl groups excluding tert-OH is 1. The van der Waals surface area contributed by atoms with Gasteiger partial charge in [-0.3, -0.25) is 0 Å². The van der Waals surface area contributed by atoms with Gasteiger partial charge in [-0.15, -0.1) is 0 Å². The summed E-state index contributed by atoms with van der Waals surface area (Å²) >= 11 is 0. The van der Waals surface area contributed by atoms with Crippen molar-refractivity contribution in [3.05, 3.63) is 11.6 Å². The van der Waals surface area contributed by atoms with Crippen LogP contribution in [0.3, 0.4) is 0 Å². The number of rotatable bonds is 1. The molecule has 0 amide bonds. The Kier molecular flexibility index (Phi) is 2.04. The summed E-state index contributed by atoms with van der Waals surface area (Å²) in [7, 11) is 0. The summed E-state index contributed by atoms with van der Waals surface area (Å²) in [5, 5.41) is 9.92. The molecule has 0 spiro atoms. The Labute approximate surface area is 92.6 Å². The van der Waals surface area contributed by atoms with E-state index in [1.165, 1.54) is 44.9 Å². The van der Waals surface area contributed by atoms with Crippen LogP contribution in [-0.2, 0) is 0 Å². The second kappa shape index (κ2) is 3.10. The zero-order valence-electron chi connectivity index (χ0n) is 9.76. The SMILES string of the molecule is C[C@]12CCC[C@H]1C=C1CCCC[C@@]12CO. The van der Waals surface area contributed by atoms with Crippen LogP contribution >= 0.6 is 0 Å². The van der Waals surface area contributed by atoms with Crippen LogP contribution in [0.25, 0.3) is 0 Å². The molecule has 0 unspecified atom stereocenters. The maximum absolute atomic E-state index is 9.92. The second-order valence-corrected chi connectivity index (χ2v) is 6.06. The molecule has 0 bridgehead atoms. The minimum Gasteiger partial charge on any atom is -0.395 e. The fourth-order valence-corrected chi connectivity index (χ4v) is 4.70. The van der Waals surface area contributed by atoms with Gasteiger partial charge >= 0.3 is 0 Å². The summed E-state index contributed by atoms with van der Waals surface area (Å²) in [6, 6.07) is 0. The van der Waals surface area contributed by atoms with Crippen molar-refractivity contribution in [1.29, 1.82) is 0 Å². The van der Waals surface area contributed by atoms with Gasteiger partial charge in [-0.2, -0.15) is 0 Å². The number of aliphatic hydroxyl groups is 1. The van der Waals surface area contributed by atoms with Crippen LogP contribution in [0.1, 0.15) is 51.9 Å². The Morgan fingerprint density at radius 3 is 3.00 bits per heavy atom. The quantitative estimate of drug-likeness (QED) is 0.653. The summed E-state index contributed by atoms with van der Waals surface area (Å²) in [4.78, 5) is 0. The lowest BCUT2D eigenvalue weighted by Gasteiger charge is -2.47. The van der Waals surface area contributed by atoms with E-state index in [2.05, 4.69) is 13.0 Å². The Bertz CT molecular complexity index is 306. The third-order valence-electron chi connectivity index (χ3n) is 5.71. The topological polar surface area (TPSA) is 20.2 Å². The molecule has 0 aliphatic heterocycles. The summed E-state index contributed by atoms with van der Waals surface area (Å²) in [5.41, 5.74) is 2.20. The van der Waals surface area contributed by atoms with Gasteiger partial charge < -0.3 is 5.11 Å². The highest BCUT2D eigenvalue weighted by Crippen LogP contribution is 2.66. The molecule has 2 fully saturated rings. The van der Waals surface area contributed by atoms with Crippen LogP contribution in [0.5, 0.6) is 0 Å². The van der Waals surface area contributed by atoms with Gasteiger partial charge in [0.2, 0.25) is 0 Å². The molecule has 3 aliphatic rings. The van der Waals surface area contributed by atoms with Gasteiger partial charge in [0.1, 0.15) is 0 Å². The highest BCUT2D eigenvalue weighted by molar-refractivity contribution is 5.32. The summed E-state index contributed by atoms with van der Waals surface area (Å²) in [6.45, 7) is 2.83. The van der Waals surface area contributed by atoms with Gasteiger partial charge in [-0.1, -0.05) is 31.4 Å². The molecule has 0 aromatic rings. The molecule has 3 atom stereocenters. The van der Waals surface area contributed by atoms with E-state index < -0.39 is 0 Å². The van der Waals surface area contributed by atoms with E-state index in [0.717, 1.165) is 5.92 Å². The molecule has 0 aromatic heterocycles. The zero-order valence-corrected chi connectivity index (χ0v) is 9.76. The van der Waals surface area contributed by atoms with E-state index in [1.54, 1.807) is 5.57 Å². The zero-order chi connectivity index (χ0) is 10.5. The first-order chi connectivity index (χ1) is 7.23. The Morgan fingerprint density at radius 2 is 2.20 bits per heavy atom. The van der Waals surface area contributed by atoms with Gasteiger partial charge in [0.15, 0.2) is 0 Å². The maximum atomic E-state index is 9.92. The van der Waals surface area contributed by atoms with E-state index in [-0.39, 0.29) is 5.41 Å². The second-order valence-electron chi connectivity index (χ2n) is 6.06. The number of fused-ring (bicyclic) bond motifs is 3. The highest BCUT2D eigenvalue weighted by atomic mass is 16.3. The van der Waals surface area contributed by atoms with Gasteiger partial charge in [0.05, 0.1) is 6.61 Å². The third-order valence-corrected chi connectivity index (χ3v) is 5.71. The first kappa shape index (κ1) is 9.89. The van der Waals surface area contributed by atoms with Crippen LogP contribution in [-0.4, -0.2) is 11.7 Å². The van der Waals surface area contributed by atoms with E-state index in [4.69, 9.17) is 0 Å². The summed E-state index contributed by atoms with van der Waals surface area (Å²) in [6.07, 6.45) is 11.8. The average molecular weight is 206 g/mol. The lowest BCUT2D eigenvalue weighted by atomic mass is 9.57. The molecule has 0 heterocycles. The minimum absolute atomic E-state index is 0.187. The van der Waals surface area contributed by atoms with Gasteiger partial charge in [0.25, 0.3) is 0 Å². The molecule has 1 heteroatoms. The van der Waals surface area contributed by atoms with Crippen LogP contribution in [0.2, 0.25) is 0 Å². The predicted molar refractivity (Wildman–Crippen MR) is 61.5 cm³/mol. The first-order valence-corrected chi connectivity index (χ1v) is 6.55. The van der Waals surface area contributed by atoms with E-state index in [1.807, 2.05) is 0 Å². The van der Waals surface area contributed by atoms with Crippen molar-refractivity contribution in [2.24, 2.45) is 16.7 Å². The fraction of sp³-hybridized carbons (Fsp3) is 0.857. The monoisotopic (exact) mass is 206 g/mol. The van der Waals surface area contributed by atoms with Crippen LogP contribution in [0.4, 0.5) is 0 Å². The summed E-state index contributed by atoms with van der Waals surface area (Å²) in [5.74, 6) is 0.776. The van der Waals surface area contributed by atoms with Crippen molar-refractivity contribution in [3.8, 4) is 0 Å². The molecule has 0 saturated heterocycles. The highest BCUT2D eigenvalue weighted by Gasteiger charge is 2.59. The average Bonchev–Trinajstić information content (AvgIpc) is 2.72. The molecule has 1 N–H and O–H groups in total. The molecule has 2 saturated carbocycles. The van der Waals surface area contributed by atoms with Gasteiger partial charge in [-0.25, -0.2) is 0 Å². The minimum atomic E-state index is 0.187. The number of hydrogen-bond acceptors (Lipinski definition) is 1. The Balaban J connectivity index is 2.06. The molecular formula is C14H22O. The Morgan fingerprint density at radius 1 is 1.33 bits per heavy atom. The first-order valence-electron chi connectivity index (χ1n) is 6.55. The smallest absolute Gasteiger partial charge is 0.0530 e. The van der Waals surface area contributed by atoms with Gasteiger partial charge in [-0.05, 0) is 43.4 Å². The van der Waals surface area contributed by atoms with Crippen LogP contribution < -0.4 is 0 Å². The van der Waals surface area contributed by atoms with Crippen LogP contribution in [0, 0.1) is 16.7 Å². The van der Waals surface area contributed by atoms with Crippen molar-refractivity contribution >= 4 is 0 Å². The van der Waals surface area contributed by atoms with Crippen LogP contribution in [0.15, 0.2) is 11.6 Å².